The maximum absolute atomic E-state index is 12.4. The maximum Gasteiger partial charge on any atom is 0.310 e. The molecule has 20 heavy (non-hydrogen) atoms. The lowest BCUT2D eigenvalue weighted by atomic mass is 9.79. The molecule has 2 bridgehead atoms. The van der Waals surface area contributed by atoms with E-state index < -0.39 is 0 Å². The number of fused-ring (bicyclic) bond motifs is 1. The van der Waals surface area contributed by atoms with Crippen molar-refractivity contribution in [3.8, 4) is 5.75 Å². The lowest BCUT2D eigenvalue weighted by molar-refractivity contribution is -0.145. The molecule has 2 N–H and O–H groups in total. The van der Waals surface area contributed by atoms with Crippen molar-refractivity contribution in [1.82, 2.24) is 0 Å². The summed E-state index contributed by atoms with van der Waals surface area (Å²) in [6.45, 7) is 0. The van der Waals surface area contributed by atoms with E-state index in [0.29, 0.717) is 5.69 Å². The first-order valence-corrected chi connectivity index (χ1v) is 6.94. The summed E-state index contributed by atoms with van der Waals surface area (Å²) in [4.78, 5) is 24.3. The van der Waals surface area contributed by atoms with Crippen LogP contribution in [0.2, 0.25) is 0 Å². The van der Waals surface area contributed by atoms with Gasteiger partial charge in [-0.05, 0) is 43.0 Å². The third-order valence-corrected chi connectivity index (χ3v) is 4.92. The number of ether oxygens (including phenoxy) is 1. The normalized spacial score (nSPS) is 37.0. The molecule has 104 valence electrons. The third kappa shape index (κ3) is 1.55. The number of nitrogens with one attached hydrogen (secondary N) is 1. The lowest BCUT2D eigenvalue weighted by Crippen LogP contribution is -2.35. The summed E-state index contributed by atoms with van der Waals surface area (Å²) in [7, 11) is 0. The van der Waals surface area contributed by atoms with Gasteiger partial charge in [0.15, 0.2) is 0 Å². The van der Waals surface area contributed by atoms with E-state index in [9.17, 15) is 14.7 Å². The molecule has 1 saturated heterocycles. The van der Waals surface area contributed by atoms with Gasteiger partial charge in [0.05, 0.1) is 11.8 Å². The van der Waals surface area contributed by atoms with Crippen molar-refractivity contribution in [2.75, 3.05) is 5.32 Å². The first kappa shape index (κ1) is 11.8. The SMILES string of the molecule is O=C(Nc1ccc(O)cc1)[C@@H]1[C@@H]2C[C@@H]3[C@H]1C(=O)O[C@@H]3C2. The number of hydrogen-bond acceptors (Lipinski definition) is 4. The molecule has 2 saturated carbocycles. The Bertz CT molecular complexity index is 580. The standard InChI is InChI=1S/C15H15NO4/c17-9-3-1-8(2-4-9)16-14(18)12-7-5-10-11(6-7)20-15(19)13(10)12/h1-4,7,10-13,17H,5-6H2,(H,16,18)/t7-,10+,11-,12-,13-/m1/s1. The molecular weight excluding hydrogens is 258 g/mol. The van der Waals surface area contributed by atoms with Gasteiger partial charge in [0.1, 0.15) is 11.9 Å². The van der Waals surface area contributed by atoms with Crippen LogP contribution in [0.15, 0.2) is 24.3 Å². The van der Waals surface area contributed by atoms with Crippen molar-refractivity contribution in [3.05, 3.63) is 24.3 Å². The second kappa shape index (κ2) is 3.98. The van der Waals surface area contributed by atoms with Gasteiger partial charge in [-0.2, -0.15) is 0 Å². The molecule has 1 amide bonds. The first-order valence-electron chi connectivity index (χ1n) is 6.94. The van der Waals surface area contributed by atoms with Crippen LogP contribution in [0, 0.1) is 23.7 Å². The molecule has 0 unspecified atom stereocenters. The number of rotatable bonds is 2. The number of benzene rings is 1. The lowest BCUT2D eigenvalue weighted by Gasteiger charge is -2.23. The summed E-state index contributed by atoms with van der Waals surface area (Å²) in [5.74, 6) is -0.168. The number of carbonyl (C=O) groups is 2. The van der Waals surface area contributed by atoms with Crippen molar-refractivity contribution in [2.24, 2.45) is 23.7 Å². The highest BCUT2D eigenvalue weighted by atomic mass is 16.6. The van der Waals surface area contributed by atoms with Crippen LogP contribution in [-0.4, -0.2) is 23.1 Å². The molecule has 0 spiro atoms. The van der Waals surface area contributed by atoms with Crippen LogP contribution in [0.1, 0.15) is 12.8 Å². The first-order chi connectivity index (χ1) is 9.63. The monoisotopic (exact) mass is 273 g/mol. The van der Waals surface area contributed by atoms with Crippen molar-refractivity contribution in [2.45, 2.75) is 18.9 Å². The van der Waals surface area contributed by atoms with Crippen LogP contribution in [0.3, 0.4) is 0 Å². The molecule has 0 aromatic heterocycles. The van der Waals surface area contributed by atoms with E-state index in [0.717, 1.165) is 12.8 Å². The van der Waals surface area contributed by atoms with E-state index in [1.54, 1.807) is 12.1 Å². The summed E-state index contributed by atoms with van der Waals surface area (Å²) in [5, 5.41) is 12.1. The van der Waals surface area contributed by atoms with Gasteiger partial charge < -0.3 is 15.2 Å². The van der Waals surface area contributed by atoms with Gasteiger partial charge in [0, 0.05) is 11.6 Å². The molecule has 5 atom stereocenters. The van der Waals surface area contributed by atoms with Crippen molar-refractivity contribution < 1.29 is 19.4 Å². The van der Waals surface area contributed by atoms with Gasteiger partial charge in [-0.15, -0.1) is 0 Å². The van der Waals surface area contributed by atoms with Crippen LogP contribution in [0.5, 0.6) is 5.75 Å². The fourth-order valence-corrected chi connectivity index (χ4v) is 4.13. The second-order valence-corrected chi connectivity index (χ2v) is 5.96. The zero-order valence-electron chi connectivity index (χ0n) is 10.8. The third-order valence-electron chi connectivity index (χ3n) is 4.92. The van der Waals surface area contributed by atoms with E-state index in [4.69, 9.17) is 4.74 Å². The number of phenols is 1. The number of hydrogen-bond donors (Lipinski definition) is 2. The molecule has 5 heteroatoms. The molecule has 2 aliphatic carbocycles. The van der Waals surface area contributed by atoms with Crippen LogP contribution in [0.25, 0.3) is 0 Å². The highest BCUT2D eigenvalue weighted by Crippen LogP contribution is 2.57. The Hall–Kier alpha value is -2.04. The van der Waals surface area contributed by atoms with E-state index >= 15 is 0 Å². The fourth-order valence-electron chi connectivity index (χ4n) is 4.13. The minimum atomic E-state index is -0.264. The van der Waals surface area contributed by atoms with Crippen LogP contribution >= 0.6 is 0 Å². The van der Waals surface area contributed by atoms with E-state index in [-0.39, 0.29) is 47.4 Å². The smallest absolute Gasteiger partial charge is 0.310 e. The van der Waals surface area contributed by atoms with Gasteiger partial charge in [-0.1, -0.05) is 0 Å². The predicted octanol–water partition coefficient (Wildman–Crippen LogP) is 1.53. The molecule has 1 heterocycles. The minimum absolute atomic E-state index is 0.0511. The summed E-state index contributed by atoms with van der Waals surface area (Å²) in [6.07, 6.45) is 1.80. The quantitative estimate of drug-likeness (QED) is 0.633. The highest BCUT2D eigenvalue weighted by Gasteiger charge is 2.63. The summed E-state index contributed by atoms with van der Waals surface area (Å²) in [5.41, 5.74) is 0.637. The number of anilines is 1. The van der Waals surface area contributed by atoms with Crippen LogP contribution in [-0.2, 0) is 14.3 Å². The van der Waals surface area contributed by atoms with Gasteiger partial charge in [0.25, 0.3) is 0 Å². The molecule has 5 nitrogen and oxygen atoms in total. The topological polar surface area (TPSA) is 75.6 Å². The van der Waals surface area contributed by atoms with Gasteiger partial charge in [-0.3, -0.25) is 9.59 Å². The number of amides is 1. The Morgan fingerprint density at radius 1 is 1.25 bits per heavy atom. The van der Waals surface area contributed by atoms with Crippen LogP contribution < -0.4 is 5.32 Å². The van der Waals surface area contributed by atoms with Crippen molar-refractivity contribution >= 4 is 17.6 Å². The summed E-state index contributed by atoms with van der Waals surface area (Å²) >= 11 is 0. The largest absolute Gasteiger partial charge is 0.508 e. The Morgan fingerprint density at radius 2 is 2.00 bits per heavy atom. The number of carbonyl (C=O) groups excluding carboxylic acids is 2. The zero-order valence-corrected chi connectivity index (χ0v) is 10.8. The van der Waals surface area contributed by atoms with Gasteiger partial charge >= 0.3 is 5.97 Å². The zero-order chi connectivity index (χ0) is 13.9. The highest BCUT2D eigenvalue weighted by molar-refractivity contribution is 5.96. The number of esters is 1. The molecule has 3 aliphatic rings. The molecule has 0 radical (unpaired) electrons. The van der Waals surface area contributed by atoms with Crippen LogP contribution in [0.4, 0.5) is 5.69 Å². The van der Waals surface area contributed by atoms with E-state index in [2.05, 4.69) is 5.32 Å². The van der Waals surface area contributed by atoms with E-state index in [1.165, 1.54) is 12.1 Å². The molecule has 1 aromatic rings. The number of phenolic OH excluding ortho intramolecular Hbond substituents is 1. The average molecular weight is 273 g/mol. The molecule has 1 aromatic carbocycles. The Kier molecular flexibility index (Phi) is 2.34. The average Bonchev–Trinajstić information content (AvgIpc) is 3.02. The summed E-state index contributed by atoms with van der Waals surface area (Å²) < 4.78 is 5.33. The Morgan fingerprint density at radius 3 is 2.75 bits per heavy atom. The maximum atomic E-state index is 12.4. The van der Waals surface area contributed by atoms with Gasteiger partial charge in [0.2, 0.25) is 5.91 Å². The molecule has 1 aliphatic heterocycles. The summed E-state index contributed by atoms with van der Waals surface area (Å²) in [6, 6.07) is 6.35. The van der Waals surface area contributed by atoms with Crippen molar-refractivity contribution in [1.29, 1.82) is 0 Å². The Balaban J connectivity index is 1.54. The van der Waals surface area contributed by atoms with Gasteiger partial charge in [-0.25, -0.2) is 0 Å². The fraction of sp³-hybridized carbons (Fsp3) is 0.467. The predicted molar refractivity (Wildman–Crippen MR) is 69.8 cm³/mol. The van der Waals surface area contributed by atoms with Crippen molar-refractivity contribution in [3.63, 3.8) is 0 Å². The minimum Gasteiger partial charge on any atom is -0.508 e. The van der Waals surface area contributed by atoms with E-state index in [1.807, 2.05) is 0 Å². The molecule has 4 rings (SSSR count). The Labute approximate surface area is 115 Å². The second-order valence-electron chi connectivity index (χ2n) is 5.96. The molecule has 3 fully saturated rings. The number of aromatic hydroxyl groups is 1. The molecular formula is C15H15NO4.